The van der Waals surface area contributed by atoms with E-state index in [1.165, 1.54) is 18.2 Å². The first-order valence-corrected chi connectivity index (χ1v) is 7.03. The highest BCUT2D eigenvalue weighted by molar-refractivity contribution is 6.45. The Bertz CT molecular complexity index is 677. The van der Waals surface area contributed by atoms with E-state index in [0.29, 0.717) is 15.6 Å². The Hall–Kier alpha value is -2.12. The van der Waals surface area contributed by atoms with Crippen molar-refractivity contribution in [3.8, 4) is 0 Å². The minimum absolute atomic E-state index is 0.0638. The van der Waals surface area contributed by atoms with Gasteiger partial charge >= 0.3 is 17.8 Å². The van der Waals surface area contributed by atoms with E-state index in [1.807, 2.05) is 0 Å². The number of nitrogens with one attached hydrogen (secondary N) is 1. The average molecular weight is 344 g/mol. The Morgan fingerprint density at radius 3 is 2.27 bits per heavy atom. The SMILES string of the molecule is CCN1C(=O)C(=O)N(CC(=O)Nc2ccc(Cl)c(Cl)c2)C1=O. The number of halogens is 2. The maximum Gasteiger partial charge on any atom is 0.334 e. The molecule has 1 aliphatic heterocycles. The highest BCUT2D eigenvalue weighted by atomic mass is 35.5. The molecule has 22 heavy (non-hydrogen) atoms. The molecule has 1 saturated heterocycles. The zero-order chi connectivity index (χ0) is 16.4. The molecule has 7 nitrogen and oxygen atoms in total. The second-order valence-corrected chi connectivity index (χ2v) is 5.21. The van der Waals surface area contributed by atoms with E-state index in [-0.39, 0.29) is 11.6 Å². The van der Waals surface area contributed by atoms with Gasteiger partial charge in [0.2, 0.25) is 5.91 Å². The molecule has 1 aromatic carbocycles. The van der Waals surface area contributed by atoms with Crippen molar-refractivity contribution in [1.82, 2.24) is 9.80 Å². The minimum Gasteiger partial charge on any atom is -0.324 e. The van der Waals surface area contributed by atoms with Gasteiger partial charge in [0, 0.05) is 12.2 Å². The standard InChI is InChI=1S/C13H11Cl2N3O4/c1-2-17-11(20)12(21)18(13(17)22)6-10(19)16-7-3-4-8(14)9(15)5-7/h3-5H,2,6H2,1H3,(H,16,19). The summed E-state index contributed by atoms with van der Waals surface area (Å²) in [6.07, 6.45) is 0. The lowest BCUT2D eigenvalue weighted by Gasteiger charge is -2.14. The first-order chi connectivity index (χ1) is 10.3. The summed E-state index contributed by atoms with van der Waals surface area (Å²) in [4.78, 5) is 48.3. The maximum atomic E-state index is 11.9. The van der Waals surface area contributed by atoms with Crippen LogP contribution in [0.1, 0.15) is 6.92 Å². The van der Waals surface area contributed by atoms with Crippen molar-refractivity contribution in [1.29, 1.82) is 0 Å². The van der Waals surface area contributed by atoms with Crippen LogP contribution < -0.4 is 5.32 Å². The van der Waals surface area contributed by atoms with E-state index in [4.69, 9.17) is 23.2 Å². The van der Waals surface area contributed by atoms with E-state index in [0.717, 1.165) is 4.90 Å². The number of benzene rings is 1. The van der Waals surface area contributed by atoms with Crippen molar-refractivity contribution in [2.24, 2.45) is 0 Å². The summed E-state index contributed by atoms with van der Waals surface area (Å²) in [5.41, 5.74) is 0.358. The minimum atomic E-state index is -1.02. The maximum absolute atomic E-state index is 11.9. The molecular formula is C13H11Cl2N3O4. The van der Waals surface area contributed by atoms with Gasteiger partial charge in [0.15, 0.2) is 0 Å². The highest BCUT2D eigenvalue weighted by Crippen LogP contribution is 2.25. The van der Waals surface area contributed by atoms with Crippen LogP contribution in [0.5, 0.6) is 0 Å². The van der Waals surface area contributed by atoms with E-state index in [1.54, 1.807) is 6.92 Å². The Morgan fingerprint density at radius 1 is 1.09 bits per heavy atom. The molecule has 2 rings (SSSR count). The lowest BCUT2D eigenvalue weighted by molar-refractivity contribution is -0.143. The van der Waals surface area contributed by atoms with Crippen molar-refractivity contribution < 1.29 is 19.2 Å². The number of hydrogen-bond acceptors (Lipinski definition) is 4. The van der Waals surface area contributed by atoms with Gasteiger partial charge < -0.3 is 5.32 Å². The molecule has 116 valence electrons. The largest absolute Gasteiger partial charge is 0.334 e. The summed E-state index contributed by atoms with van der Waals surface area (Å²) < 4.78 is 0. The predicted molar refractivity (Wildman–Crippen MR) is 79.6 cm³/mol. The molecule has 1 heterocycles. The second-order valence-electron chi connectivity index (χ2n) is 4.40. The molecule has 0 spiro atoms. The summed E-state index contributed by atoms with van der Waals surface area (Å²) in [6.45, 7) is 1.07. The summed E-state index contributed by atoms with van der Waals surface area (Å²) in [7, 11) is 0. The monoisotopic (exact) mass is 343 g/mol. The molecule has 1 N–H and O–H groups in total. The molecule has 0 atom stereocenters. The summed E-state index contributed by atoms with van der Waals surface area (Å²) in [5, 5.41) is 3.05. The molecule has 1 aliphatic rings. The number of likely N-dealkylation sites (N-methyl/N-ethyl adjacent to an activating group) is 1. The van der Waals surface area contributed by atoms with Gasteiger partial charge in [-0.1, -0.05) is 23.2 Å². The molecule has 9 heteroatoms. The fourth-order valence-electron chi connectivity index (χ4n) is 1.89. The Balaban J connectivity index is 2.06. The third kappa shape index (κ3) is 3.05. The molecule has 0 aromatic heterocycles. The number of amides is 5. The van der Waals surface area contributed by atoms with Crippen LogP contribution in [0.15, 0.2) is 18.2 Å². The van der Waals surface area contributed by atoms with Crippen LogP contribution in [0.3, 0.4) is 0 Å². The molecule has 0 unspecified atom stereocenters. The van der Waals surface area contributed by atoms with E-state index in [2.05, 4.69) is 5.32 Å². The lowest BCUT2D eigenvalue weighted by Crippen LogP contribution is -2.38. The summed E-state index contributed by atoms with van der Waals surface area (Å²) >= 11 is 11.6. The molecule has 1 aromatic rings. The normalized spacial score (nSPS) is 14.8. The van der Waals surface area contributed by atoms with E-state index in [9.17, 15) is 19.2 Å². The predicted octanol–water partition coefficient (Wildman–Crippen LogP) is 1.74. The number of imide groups is 2. The van der Waals surface area contributed by atoms with Crippen LogP contribution in [0, 0.1) is 0 Å². The van der Waals surface area contributed by atoms with Crippen LogP contribution in [-0.2, 0) is 14.4 Å². The average Bonchev–Trinajstić information content (AvgIpc) is 2.66. The molecule has 0 aliphatic carbocycles. The van der Waals surface area contributed by atoms with Crippen LogP contribution in [0.25, 0.3) is 0 Å². The fraction of sp³-hybridized carbons (Fsp3) is 0.231. The number of anilines is 1. The van der Waals surface area contributed by atoms with Gasteiger partial charge in [-0.15, -0.1) is 0 Å². The Labute approximate surface area is 135 Å². The van der Waals surface area contributed by atoms with Crippen molar-refractivity contribution >= 4 is 52.6 Å². The third-order valence-corrected chi connectivity index (χ3v) is 3.70. The molecule has 0 bridgehead atoms. The first kappa shape index (κ1) is 16.3. The summed E-state index contributed by atoms with van der Waals surface area (Å²) in [6, 6.07) is 3.64. The molecule has 0 radical (unpaired) electrons. The number of rotatable bonds is 4. The lowest BCUT2D eigenvalue weighted by atomic mass is 10.3. The number of hydrogen-bond donors (Lipinski definition) is 1. The molecule has 1 fully saturated rings. The van der Waals surface area contributed by atoms with Gasteiger partial charge in [0.1, 0.15) is 6.54 Å². The van der Waals surface area contributed by atoms with Gasteiger partial charge in [-0.2, -0.15) is 0 Å². The van der Waals surface area contributed by atoms with Gasteiger partial charge in [-0.05, 0) is 25.1 Å². The van der Waals surface area contributed by atoms with Gasteiger partial charge in [0.25, 0.3) is 0 Å². The van der Waals surface area contributed by atoms with Gasteiger partial charge in [-0.25, -0.2) is 9.69 Å². The van der Waals surface area contributed by atoms with Crippen molar-refractivity contribution in [3.05, 3.63) is 28.2 Å². The quantitative estimate of drug-likeness (QED) is 0.666. The van der Waals surface area contributed by atoms with Crippen LogP contribution >= 0.6 is 23.2 Å². The van der Waals surface area contributed by atoms with Crippen molar-refractivity contribution in [2.45, 2.75) is 6.92 Å². The van der Waals surface area contributed by atoms with Gasteiger partial charge in [0.05, 0.1) is 10.0 Å². The van der Waals surface area contributed by atoms with Crippen molar-refractivity contribution in [3.63, 3.8) is 0 Å². The molecule has 0 saturated carbocycles. The number of nitrogens with zero attached hydrogens (tertiary/aromatic N) is 2. The first-order valence-electron chi connectivity index (χ1n) is 6.27. The molecule has 5 amide bonds. The van der Waals surface area contributed by atoms with E-state index < -0.39 is 30.3 Å². The molecular weight excluding hydrogens is 333 g/mol. The third-order valence-electron chi connectivity index (χ3n) is 2.96. The number of carbonyl (C=O) groups excluding carboxylic acids is 4. The highest BCUT2D eigenvalue weighted by Gasteiger charge is 2.44. The Kier molecular flexibility index (Phi) is 4.68. The second kappa shape index (κ2) is 6.33. The number of carbonyl (C=O) groups is 4. The van der Waals surface area contributed by atoms with Gasteiger partial charge in [-0.3, -0.25) is 19.3 Å². The van der Waals surface area contributed by atoms with Crippen LogP contribution in [0.2, 0.25) is 10.0 Å². The van der Waals surface area contributed by atoms with Crippen LogP contribution in [-0.4, -0.2) is 46.6 Å². The number of urea groups is 1. The zero-order valence-corrected chi connectivity index (χ0v) is 12.9. The topological polar surface area (TPSA) is 86.8 Å². The zero-order valence-electron chi connectivity index (χ0n) is 11.4. The van der Waals surface area contributed by atoms with E-state index >= 15 is 0 Å². The fourth-order valence-corrected chi connectivity index (χ4v) is 2.18. The van der Waals surface area contributed by atoms with Crippen molar-refractivity contribution in [2.75, 3.05) is 18.4 Å². The van der Waals surface area contributed by atoms with Crippen LogP contribution in [0.4, 0.5) is 10.5 Å². The smallest absolute Gasteiger partial charge is 0.324 e. The summed E-state index contributed by atoms with van der Waals surface area (Å²) in [5.74, 6) is -2.59. The Morgan fingerprint density at radius 2 is 1.73 bits per heavy atom.